The number of nitrogens with two attached hydrogens (primary N) is 1. The quantitative estimate of drug-likeness (QED) is 0.770. The van der Waals surface area contributed by atoms with Gasteiger partial charge >= 0.3 is 0 Å². The van der Waals surface area contributed by atoms with Crippen LogP contribution in [0.25, 0.3) is 0 Å². The van der Waals surface area contributed by atoms with Crippen molar-refractivity contribution in [2.75, 3.05) is 13.1 Å². The van der Waals surface area contributed by atoms with Gasteiger partial charge in [-0.3, -0.25) is 9.58 Å². The molecule has 1 aliphatic heterocycles. The molecule has 0 radical (unpaired) electrons. The van der Waals surface area contributed by atoms with E-state index in [0.29, 0.717) is 12.0 Å². The smallest absolute Gasteiger partial charge is 0.0597 e. The summed E-state index contributed by atoms with van der Waals surface area (Å²) in [4.78, 5) is 2.41. The maximum atomic E-state index is 6.00. The van der Waals surface area contributed by atoms with Crippen LogP contribution in [0.2, 0.25) is 0 Å². The summed E-state index contributed by atoms with van der Waals surface area (Å²) < 4.78 is 1.96. The molecule has 15 heavy (non-hydrogen) atoms. The Morgan fingerprint density at radius 1 is 1.53 bits per heavy atom. The van der Waals surface area contributed by atoms with E-state index in [1.54, 1.807) is 0 Å². The molecule has 0 saturated carbocycles. The van der Waals surface area contributed by atoms with Crippen molar-refractivity contribution in [1.29, 1.82) is 0 Å². The first-order valence-electron chi connectivity index (χ1n) is 5.53. The second-order valence-electron chi connectivity index (χ2n) is 4.74. The Bertz CT molecular complexity index is 334. The lowest BCUT2D eigenvalue weighted by atomic mass is 10.1. The van der Waals surface area contributed by atoms with Gasteiger partial charge in [-0.25, -0.2) is 0 Å². The molecule has 0 amide bonds. The molecule has 4 heteroatoms. The van der Waals surface area contributed by atoms with Crippen molar-refractivity contribution in [1.82, 2.24) is 14.7 Å². The maximum Gasteiger partial charge on any atom is 0.0597 e. The van der Waals surface area contributed by atoms with Gasteiger partial charge < -0.3 is 5.73 Å². The summed E-state index contributed by atoms with van der Waals surface area (Å²) in [6.45, 7) is 7.33. The molecule has 2 rings (SSSR count). The highest BCUT2D eigenvalue weighted by atomic mass is 15.3. The van der Waals surface area contributed by atoms with Crippen molar-refractivity contribution in [2.24, 2.45) is 18.7 Å². The van der Waals surface area contributed by atoms with Crippen LogP contribution in [-0.2, 0) is 13.6 Å². The van der Waals surface area contributed by atoms with Gasteiger partial charge in [0.1, 0.15) is 0 Å². The van der Waals surface area contributed by atoms with E-state index in [1.807, 2.05) is 18.7 Å². The van der Waals surface area contributed by atoms with Crippen molar-refractivity contribution < 1.29 is 0 Å². The molecule has 0 aliphatic carbocycles. The Morgan fingerprint density at radius 2 is 2.27 bits per heavy atom. The third-order valence-electron chi connectivity index (χ3n) is 3.23. The molecule has 2 N–H and O–H groups in total. The first-order valence-corrected chi connectivity index (χ1v) is 5.53. The summed E-state index contributed by atoms with van der Waals surface area (Å²) >= 11 is 0. The van der Waals surface area contributed by atoms with Crippen LogP contribution in [0.15, 0.2) is 6.07 Å². The average Bonchev–Trinajstić information content (AvgIpc) is 2.59. The monoisotopic (exact) mass is 208 g/mol. The molecular weight excluding hydrogens is 188 g/mol. The zero-order valence-electron chi connectivity index (χ0n) is 9.77. The number of rotatable bonds is 2. The lowest BCUT2D eigenvalue weighted by molar-refractivity contribution is 0.309. The molecular formula is C11H20N4. The number of nitrogens with zero attached hydrogens (tertiary/aromatic N) is 3. The number of hydrogen-bond donors (Lipinski definition) is 1. The van der Waals surface area contributed by atoms with Crippen LogP contribution in [0.1, 0.15) is 18.3 Å². The van der Waals surface area contributed by atoms with Gasteiger partial charge in [0.15, 0.2) is 0 Å². The van der Waals surface area contributed by atoms with Gasteiger partial charge in [0.2, 0.25) is 0 Å². The minimum atomic E-state index is 0.333. The van der Waals surface area contributed by atoms with Gasteiger partial charge in [-0.1, -0.05) is 6.92 Å². The molecule has 0 aromatic carbocycles. The molecule has 2 atom stereocenters. The van der Waals surface area contributed by atoms with E-state index in [2.05, 4.69) is 23.0 Å². The third-order valence-corrected chi connectivity index (χ3v) is 3.23. The number of aromatic nitrogens is 2. The molecule has 0 bridgehead atoms. The fourth-order valence-electron chi connectivity index (χ4n) is 2.27. The second-order valence-corrected chi connectivity index (χ2v) is 4.74. The van der Waals surface area contributed by atoms with E-state index in [9.17, 15) is 0 Å². The van der Waals surface area contributed by atoms with Crippen LogP contribution < -0.4 is 5.73 Å². The Hall–Kier alpha value is -0.870. The molecule has 2 heterocycles. The molecule has 2 unspecified atom stereocenters. The van der Waals surface area contributed by atoms with Crippen LogP contribution in [0.5, 0.6) is 0 Å². The van der Waals surface area contributed by atoms with E-state index < -0.39 is 0 Å². The van der Waals surface area contributed by atoms with Gasteiger partial charge in [-0.2, -0.15) is 5.10 Å². The molecule has 84 valence electrons. The lowest BCUT2D eigenvalue weighted by Crippen LogP contribution is -2.28. The molecule has 1 saturated heterocycles. The minimum absolute atomic E-state index is 0.333. The molecule has 1 fully saturated rings. The Morgan fingerprint density at radius 3 is 2.73 bits per heavy atom. The fourth-order valence-corrected chi connectivity index (χ4v) is 2.27. The van der Waals surface area contributed by atoms with Crippen molar-refractivity contribution >= 4 is 0 Å². The maximum absolute atomic E-state index is 6.00. The van der Waals surface area contributed by atoms with Gasteiger partial charge in [0.25, 0.3) is 0 Å². The largest absolute Gasteiger partial charge is 0.326 e. The summed E-state index contributed by atoms with van der Waals surface area (Å²) in [7, 11) is 2.00. The molecule has 1 aliphatic rings. The molecule has 1 aromatic heterocycles. The van der Waals surface area contributed by atoms with Gasteiger partial charge in [0.05, 0.1) is 11.4 Å². The topological polar surface area (TPSA) is 47.1 Å². The van der Waals surface area contributed by atoms with E-state index in [0.717, 1.165) is 25.3 Å². The Balaban J connectivity index is 2.01. The molecule has 0 spiro atoms. The fraction of sp³-hybridized carbons (Fsp3) is 0.727. The van der Waals surface area contributed by atoms with Crippen LogP contribution in [0, 0.1) is 12.8 Å². The van der Waals surface area contributed by atoms with Crippen molar-refractivity contribution in [3.8, 4) is 0 Å². The van der Waals surface area contributed by atoms with Crippen LogP contribution in [0.4, 0.5) is 0 Å². The van der Waals surface area contributed by atoms with Crippen LogP contribution in [0.3, 0.4) is 0 Å². The van der Waals surface area contributed by atoms with Crippen molar-refractivity contribution in [3.63, 3.8) is 0 Å². The summed E-state index contributed by atoms with van der Waals surface area (Å²) in [5, 5.41) is 4.35. The van der Waals surface area contributed by atoms with Crippen molar-refractivity contribution in [3.05, 3.63) is 17.5 Å². The number of hydrogen-bond acceptors (Lipinski definition) is 3. The highest BCUT2D eigenvalue weighted by Crippen LogP contribution is 2.17. The summed E-state index contributed by atoms with van der Waals surface area (Å²) in [5.74, 6) is 0.610. The third kappa shape index (κ3) is 2.21. The SMILES string of the molecule is Cc1cc(CN2CC(C)C(N)C2)n(C)n1. The van der Waals surface area contributed by atoms with Gasteiger partial charge in [-0.05, 0) is 18.9 Å². The van der Waals surface area contributed by atoms with E-state index >= 15 is 0 Å². The lowest BCUT2D eigenvalue weighted by Gasteiger charge is -2.14. The highest BCUT2D eigenvalue weighted by molar-refractivity contribution is 5.09. The Labute approximate surface area is 91.1 Å². The zero-order valence-corrected chi connectivity index (χ0v) is 9.77. The highest BCUT2D eigenvalue weighted by Gasteiger charge is 2.26. The molecule has 4 nitrogen and oxygen atoms in total. The Kier molecular flexibility index (Phi) is 2.80. The first-order chi connectivity index (χ1) is 7.06. The minimum Gasteiger partial charge on any atom is -0.326 e. The number of likely N-dealkylation sites (tertiary alicyclic amines) is 1. The van der Waals surface area contributed by atoms with Gasteiger partial charge in [0, 0.05) is 32.7 Å². The predicted octanol–water partition coefficient (Wildman–Crippen LogP) is 0.508. The molecule has 1 aromatic rings. The van der Waals surface area contributed by atoms with Gasteiger partial charge in [-0.15, -0.1) is 0 Å². The summed E-state index contributed by atoms with van der Waals surface area (Å²) in [5.41, 5.74) is 8.36. The second kappa shape index (κ2) is 3.94. The predicted molar refractivity (Wildman–Crippen MR) is 60.4 cm³/mol. The average molecular weight is 208 g/mol. The normalized spacial score (nSPS) is 27.5. The van der Waals surface area contributed by atoms with E-state index in [-0.39, 0.29) is 0 Å². The summed E-state index contributed by atoms with van der Waals surface area (Å²) in [6, 6.07) is 2.48. The van der Waals surface area contributed by atoms with Crippen molar-refractivity contribution in [2.45, 2.75) is 26.4 Å². The van der Waals surface area contributed by atoms with E-state index in [1.165, 1.54) is 5.69 Å². The van der Waals surface area contributed by atoms with E-state index in [4.69, 9.17) is 5.73 Å². The number of aryl methyl sites for hydroxylation is 2. The van der Waals surface area contributed by atoms with Crippen LogP contribution >= 0.6 is 0 Å². The van der Waals surface area contributed by atoms with Crippen LogP contribution in [-0.4, -0.2) is 33.8 Å². The standard InChI is InChI=1S/C11H20N4/c1-8-5-15(7-11(8)12)6-10-4-9(2)13-14(10)3/h4,8,11H,5-7,12H2,1-3H3. The summed E-state index contributed by atoms with van der Waals surface area (Å²) in [6.07, 6.45) is 0. The zero-order chi connectivity index (χ0) is 11.0. The first kappa shape index (κ1) is 10.6.